The number of fused-ring (bicyclic) bond motifs is 1. The van der Waals surface area contributed by atoms with Crippen LogP contribution in [0, 0.1) is 11.8 Å². The van der Waals surface area contributed by atoms with E-state index in [1.165, 1.54) is 23.8 Å². The van der Waals surface area contributed by atoms with Crippen molar-refractivity contribution < 1.29 is 4.39 Å². The molecule has 0 saturated heterocycles. The number of thioether (sulfide) groups is 1. The van der Waals surface area contributed by atoms with E-state index in [2.05, 4.69) is 10.2 Å². The summed E-state index contributed by atoms with van der Waals surface area (Å²) in [5, 5.41) is 10.5. The highest BCUT2D eigenvalue weighted by Gasteiger charge is 2.29. The molecule has 0 saturated carbocycles. The first kappa shape index (κ1) is 18.6. The number of hydrogen-bond donors (Lipinski definition) is 0. The van der Waals surface area contributed by atoms with Gasteiger partial charge in [-0.1, -0.05) is 19.9 Å². The van der Waals surface area contributed by atoms with Gasteiger partial charge in [0.15, 0.2) is 5.82 Å². The van der Waals surface area contributed by atoms with E-state index in [1.807, 2.05) is 25.3 Å². The average Bonchev–Trinajstić information content (AvgIpc) is 2.98. The Balaban J connectivity index is 1.82. The molecule has 0 aromatic carbocycles. The molecular weight excluding hydrogens is 355 g/mol. The molecule has 1 aromatic rings. The largest absolute Gasteiger partial charge is 0.332 e. The smallest absolute Gasteiger partial charge is 0.276 e. The molecule has 8 heteroatoms. The lowest BCUT2D eigenvalue weighted by Gasteiger charge is -2.17. The van der Waals surface area contributed by atoms with Crippen molar-refractivity contribution in [2.75, 3.05) is 6.54 Å². The number of azo groups is 1. The summed E-state index contributed by atoms with van der Waals surface area (Å²) in [4.78, 5) is 24.3. The monoisotopic (exact) mass is 376 g/mol. The minimum Gasteiger partial charge on any atom is -0.276 e. The second-order valence-corrected chi connectivity index (χ2v) is 7.87. The highest BCUT2D eigenvalue weighted by molar-refractivity contribution is 8.03. The van der Waals surface area contributed by atoms with Gasteiger partial charge in [-0.25, -0.2) is 9.18 Å². The van der Waals surface area contributed by atoms with Gasteiger partial charge in [-0.15, -0.1) is 16.9 Å². The molecule has 0 fully saturated rings. The zero-order valence-electron chi connectivity index (χ0n) is 14.9. The van der Waals surface area contributed by atoms with Gasteiger partial charge in [-0.3, -0.25) is 13.9 Å². The Morgan fingerprint density at radius 1 is 1.35 bits per heavy atom. The number of nitrogens with zero attached hydrogens (tertiary/aromatic N) is 4. The molecule has 3 rings (SSSR count). The van der Waals surface area contributed by atoms with Crippen LogP contribution in [0.2, 0.25) is 0 Å². The molecule has 0 bridgehead atoms. The summed E-state index contributed by atoms with van der Waals surface area (Å²) in [5.41, 5.74) is 0.158. The lowest BCUT2D eigenvalue weighted by Crippen LogP contribution is -2.38. The minimum atomic E-state index is -0.415. The summed E-state index contributed by atoms with van der Waals surface area (Å²) in [6, 6.07) is 1.32. The maximum absolute atomic E-state index is 13.5. The third-order valence-electron chi connectivity index (χ3n) is 4.29. The summed E-state index contributed by atoms with van der Waals surface area (Å²) in [7, 11) is 1.45. The van der Waals surface area contributed by atoms with Crippen molar-refractivity contribution in [2.45, 2.75) is 25.6 Å². The van der Waals surface area contributed by atoms with Gasteiger partial charge in [-0.05, 0) is 29.1 Å². The van der Waals surface area contributed by atoms with Gasteiger partial charge in [0.05, 0.1) is 6.54 Å². The van der Waals surface area contributed by atoms with Crippen LogP contribution in [0.3, 0.4) is 0 Å². The minimum absolute atomic E-state index is 0.0227. The number of hydrogen-bond acceptors (Lipinski definition) is 5. The Bertz CT molecular complexity index is 939. The highest BCUT2D eigenvalue weighted by Crippen LogP contribution is 2.40. The molecule has 6 nitrogen and oxygen atoms in total. The summed E-state index contributed by atoms with van der Waals surface area (Å²) in [6.45, 7) is 4.72. The Morgan fingerprint density at radius 2 is 2.12 bits per heavy atom. The van der Waals surface area contributed by atoms with Crippen molar-refractivity contribution in [2.24, 2.45) is 29.1 Å². The van der Waals surface area contributed by atoms with Crippen molar-refractivity contribution in [1.82, 2.24) is 9.13 Å². The molecule has 1 aromatic heterocycles. The number of halogens is 1. The third-order valence-corrected chi connectivity index (χ3v) is 5.50. The molecule has 138 valence electrons. The van der Waals surface area contributed by atoms with Crippen molar-refractivity contribution in [3.05, 3.63) is 61.9 Å². The Hall–Kier alpha value is -2.22. The zero-order chi connectivity index (χ0) is 18.8. The van der Waals surface area contributed by atoms with Crippen molar-refractivity contribution >= 4 is 17.6 Å². The SMILES string of the molecule is CC(C)Cn1c(N=NCC2=CSC3C=CC(F)=CC23)cc(=O)n(C)c1=O. The van der Waals surface area contributed by atoms with E-state index in [4.69, 9.17) is 0 Å². The van der Waals surface area contributed by atoms with Crippen molar-refractivity contribution in [3.8, 4) is 0 Å². The van der Waals surface area contributed by atoms with Crippen LogP contribution < -0.4 is 11.2 Å². The van der Waals surface area contributed by atoms with Crippen molar-refractivity contribution in [3.63, 3.8) is 0 Å². The van der Waals surface area contributed by atoms with E-state index in [0.29, 0.717) is 13.1 Å². The Kier molecular flexibility index (Phi) is 5.41. The molecule has 0 amide bonds. The fraction of sp³-hybridized carbons (Fsp3) is 0.444. The van der Waals surface area contributed by atoms with E-state index in [0.717, 1.165) is 10.1 Å². The molecule has 1 aliphatic carbocycles. The van der Waals surface area contributed by atoms with Gasteiger partial charge in [0, 0.05) is 30.8 Å². The lowest BCUT2D eigenvalue weighted by molar-refractivity contribution is 0.489. The second kappa shape index (κ2) is 7.57. The average molecular weight is 376 g/mol. The van der Waals surface area contributed by atoms with Gasteiger partial charge in [0.25, 0.3) is 5.56 Å². The predicted molar refractivity (Wildman–Crippen MR) is 101 cm³/mol. The number of rotatable bonds is 5. The van der Waals surface area contributed by atoms with Crippen LogP contribution in [-0.2, 0) is 13.6 Å². The molecule has 0 spiro atoms. The van der Waals surface area contributed by atoms with E-state index < -0.39 is 11.2 Å². The molecular formula is C18H21FN4O2S. The number of aromatic nitrogens is 2. The van der Waals surface area contributed by atoms with Crippen LogP contribution in [0.25, 0.3) is 0 Å². The van der Waals surface area contributed by atoms with Crippen molar-refractivity contribution in [1.29, 1.82) is 0 Å². The molecule has 2 atom stereocenters. The van der Waals surface area contributed by atoms with E-state index in [-0.39, 0.29) is 28.7 Å². The van der Waals surface area contributed by atoms with Gasteiger partial charge in [-0.2, -0.15) is 5.11 Å². The molecule has 2 aliphatic rings. The van der Waals surface area contributed by atoms with E-state index in [1.54, 1.807) is 17.8 Å². The van der Waals surface area contributed by atoms with Gasteiger partial charge >= 0.3 is 5.69 Å². The summed E-state index contributed by atoms with van der Waals surface area (Å²) in [6.07, 6.45) is 4.93. The molecule has 2 heterocycles. The maximum Gasteiger partial charge on any atom is 0.332 e. The molecule has 26 heavy (non-hydrogen) atoms. The van der Waals surface area contributed by atoms with E-state index >= 15 is 0 Å². The van der Waals surface area contributed by atoms with Crippen LogP contribution in [0.1, 0.15) is 13.8 Å². The fourth-order valence-corrected chi connectivity index (χ4v) is 4.09. The van der Waals surface area contributed by atoms with Crippen LogP contribution in [0.4, 0.5) is 10.2 Å². The molecule has 2 unspecified atom stereocenters. The zero-order valence-corrected chi connectivity index (χ0v) is 15.7. The first-order chi connectivity index (χ1) is 12.4. The highest BCUT2D eigenvalue weighted by atomic mass is 32.2. The maximum atomic E-state index is 13.5. The summed E-state index contributed by atoms with van der Waals surface area (Å²) in [5.74, 6) is 0.204. The Morgan fingerprint density at radius 3 is 2.85 bits per heavy atom. The summed E-state index contributed by atoms with van der Waals surface area (Å²) < 4.78 is 16.0. The van der Waals surface area contributed by atoms with Crippen LogP contribution >= 0.6 is 11.8 Å². The van der Waals surface area contributed by atoms with Gasteiger partial charge in [0.1, 0.15) is 5.83 Å². The van der Waals surface area contributed by atoms with Gasteiger partial charge < -0.3 is 0 Å². The summed E-state index contributed by atoms with van der Waals surface area (Å²) >= 11 is 1.63. The normalized spacial score (nSPS) is 22.0. The van der Waals surface area contributed by atoms with Crippen LogP contribution in [-0.4, -0.2) is 20.9 Å². The first-order valence-corrected chi connectivity index (χ1v) is 9.39. The first-order valence-electron chi connectivity index (χ1n) is 8.45. The standard InChI is InChI=1S/C18H21FN4O2S/c1-11(2)9-23-16(7-17(24)22(3)18(23)25)21-20-8-12-10-26-15-5-4-13(19)6-14(12)15/h4-7,10-11,14-15H,8-9H2,1-3H3. The quantitative estimate of drug-likeness (QED) is 0.740. The van der Waals surface area contributed by atoms with Crippen LogP contribution in [0.15, 0.2) is 60.9 Å². The van der Waals surface area contributed by atoms with E-state index in [9.17, 15) is 14.0 Å². The number of allylic oxidation sites excluding steroid dienone is 3. The Labute approximate surface area is 154 Å². The topological polar surface area (TPSA) is 68.7 Å². The second-order valence-electron chi connectivity index (χ2n) is 6.82. The molecule has 1 aliphatic heterocycles. The fourth-order valence-electron chi connectivity index (χ4n) is 2.93. The molecule has 0 radical (unpaired) electrons. The third kappa shape index (κ3) is 3.80. The predicted octanol–water partition coefficient (Wildman–Crippen LogP) is 3.33. The lowest BCUT2D eigenvalue weighted by atomic mass is 9.93. The van der Waals surface area contributed by atoms with Crippen LogP contribution in [0.5, 0.6) is 0 Å². The molecule has 0 N–H and O–H groups in total. The van der Waals surface area contributed by atoms with Gasteiger partial charge in [0.2, 0.25) is 0 Å².